The number of hydrogen-bond donors (Lipinski definition) is 3. The van der Waals surface area contributed by atoms with Gasteiger partial charge in [-0.2, -0.15) is 26.3 Å². The summed E-state index contributed by atoms with van der Waals surface area (Å²) >= 11 is 0. The third-order valence-corrected chi connectivity index (χ3v) is 7.47. The highest BCUT2D eigenvalue weighted by molar-refractivity contribution is 5.96. The molecule has 224 valence electrons. The van der Waals surface area contributed by atoms with Crippen molar-refractivity contribution in [3.63, 3.8) is 0 Å². The van der Waals surface area contributed by atoms with Gasteiger partial charge in [0.1, 0.15) is 0 Å². The molecule has 1 aliphatic carbocycles. The summed E-state index contributed by atoms with van der Waals surface area (Å²) in [7, 11) is 0. The van der Waals surface area contributed by atoms with Gasteiger partial charge in [-0.3, -0.25) is 9.69 Å². The first kappa shape index (κ1) is 30.6. The number of nitrogens with one attached hydrogen (secondary N) is 2. The largest absolute Gasteiger partial charge is 0.430 e. The molecule has 13 heteroatoms. The van der Waals surface area contributed by atoms with Gasteiger partial charge < -0.3 is 20.6 Å². The Morgan fingerprint density at radius 2 is 1.41 bits per heavy atom. The Bertz CT molecular complexity index is 1200. The van der Waals surface area contributed by atoms with Gasteiger partial charge in [0.25, 0.3) is 11.5 Å². The Hall–Kier alpha value is -3.32. The van der Waals surface area contributed by atoms with E-state index in [1.165, 1.54) is 0 Å². The molecule has 2 fully saturated rings. The van der Waals surface area contributed by atoms with Gasteiger partial charge in [-0.15, -0.1) is 0 Å². The average Bonchev–Trinajstić information content (AvgIpc) is 3.71. The van der Waals surface area contributed by atoms with Gasteiger partial charge in [0.2, 0.25) is 0 Å². The molecule has 3 N–H and O–H groups in total. The average molecular weight is 587 g/mol. The van der Waals surface area contributed by atoms with Crippen molar-refractivity contribution in [2.75, 3.05) is 25.0 Å². The van der Waals surface area contributed by atoms with Crippen LogP contribution in [0.1, 0.15) is 48.2 Å². The molecule has 0 spiro atoms. The Balaban J connectivity index is 1.36. The third kappa shape index (κ3) is 6.78. The Kier molecular flexibility index (Phi) is 8.60. The molecule has 0 unspecified atom stereocenters. The molecule has 2 aliphatic rings. The summed E-state index contributed by atoms with van der Waals surface area (Å²) < 4.78 is 79.0. The number of carbonyl (C=O) groups excluding carboxylic acids is 2. The molecule has 0 bridgehead atoms. The standard InChI is InChI=1S/C28H32F6N4O3/c1-17-14-37(16-20-5-9-22(10-6-20)26(41,27(29,30)31)28(32,33)34)15-18(2)38(17)24(39)21-7-11-23(12-8-21)36-25(40)35-13-19-3-4-19/h5-12,17-19,41H,3-4,13-16H2,1-2H3,(H2,35,36,40)/t17-,18+. The maximum atomic E-state index is 13.3. The zero-order valence-corrected chi connectivity index (χ0v) is 22.5. The summed E-state index contributed by atoms with van der Waals surface area (Å²) in [5.41, 5.74) is -4.82. The number of hydrogen-bond acceptors (Lipinski definition) is 4. The topological polar surface area (TPSA) is 84.9 Å². The highest BCUT2D eigenvalue weighted by Gasteiger charge is 2.71. The minimum Gasteiger partial charge on any atom is -0.369 e. The maximum Gasteiger partial charge on any atom is 0.430 e. The summed E-state index contributed by atoms with van der Waals surface area (Å²) in [4.78, 5) is 29.0. The Morgan fingerprint density at radius 3 is 1.90 bits per heavy atom. The molecule has 2 aromatic carbocycles. The van der Waals surface area contributed by atoms with Gasteiger partial charge in [0.05, 0.1) is 0 Å². The van der Waals surface area contributed by atoms with E-state index in [1.54, 1.807) is 29.2 Å². The van der Waals surface area contributed by atoms with E-state index >= 15 is 0 Å². The third-order valence-electron chi connectivity index (χ3n) is 7.47. The number of anilines is 1. The van der Waals surface area contributed by atoms with Crippen molar-refractivity contribution in [3.05, 3.63) is 65.2 Å². The molecule has 7 nitrogen and oxygen atoms in total. The van der Waals surface area contributed by atoms with Crippen LogP contribution in [0.3, 0.4) is 0 Å². The molecule has 1 saturated heterocycles. The second kappa shape index (κ2) is 11.5. The first-order chi connectivity index (χ1) is 19.1. The first-order valence-corrected chi connectivity index (χ1v) is 13.3. The van der Waals surface area contributed by atoms with E-state index in [0.29, 0.717) is 54.5 Å². The van der Waals surface area contributed by atoms with Gasteiger partial charge >= 0.3 is 18.4 Å². The molecule has 2 aromatic rings. The van der Waals surface area contributed by atoms with Crippen LogP contribution in [0.4, 0.5) is 36.8 Å². The number of halogens is 6. The van der Waals surface area contributed by atoms with Crippen LogP contribution in [-0.4, -0.2) is 70.9 Å². The summed E-state index contributed by atoms with van der Waals surface area (Å²) in [6.07, 6.45) is -9.64. The van der Waals surface area contributed by atoms with Crippen molar-refractivity contribution in [1.29, 1.82) is 0 Å². The van der Waals surface area contributed by atoms with Crippen molar-refractivity contribution in [2.24, 2.45) is 5.92 Å². The van der Waals surface area contributed by atoms with Crippen LogP contribution >= 0.6 is 0 Å². The quantitative estimate of drug-likeness (QED) is 0.387. The van der Waals surface area contributed by atoms with Crippen molar-refractivity contribution >= 4 is 17.6 Å². The van der Waals surface area contributed by atoms with Gasteiger partial charge in [0, 0.05) is 55.1 Å². The van der Waals surface area contributed by atoms with E-state index in [4.69, 9.17) is 0 Å². The Morgan fingerprint density at radius 1 is 0.878 bits per heavy atom. The van der Waals surface area contributed by atoms with E-state index in [-0.39, 0.29) is 30.6 Å². The fourth-order valence-electron chi connectivity index (χ4n) is 5.14. The number of aliphatic hydroxyl groups is 1. The minimum absolute atomic E-state index is 0.197. The lowest BCUT2D eigenvalue weighted by Gasteiger charge is -2.44. The summed E-state index contributed by atoms with van der Waals surface area (Å²) in [5.74, 6) is 0.353. The number of rotatable bonds is 7. The summed E-state index contributed by atoms with van der Waals surface area (Å²) in [5, 5.41) is 15.1. The van der Waals surface area contributed by atoms with E-state index in [9.17, 15) is 41.0 Å². The molecular weight excluding hydrogens is 554 g/mol. The van der Waals surface area contributed by atoms with Crippen LogP contribution < -0.4 is 10.6 Å². The molecule has 0 aromatic heterocycles. The molecule has 2 atom stereocenters. The number of nitrogens with zero attached hydrogens (tertiary/aromatic N) is 2. The van der Waals surface area contributed by atoms with E-state index in [0.717, 1.165) is 25.0 Å². The molecule has 1 heterocycles. The first-order valence-electron chi connectivity index (χ1n) is 13.3. The lowest BCUT2D eigenvalue weighted by molar-refractivity contribution is -0.376. The zero-order chi connectivity index (χ0) is 30.2. The van der Waals surface area contributed by atoms with Gasteiger partial charge in [0.15, 0.2) is 0 Å². The van der Waals surface area contributed by atoms with Crippen molar-refractivity contribution in [2.45, 2.75) is 63.3 Å². The molecule has 3 amide bonds. The number of benzene rings is 2. The van der Waals surface area contributed by atoms with Crippen molar-refractivity contribution in [1.82, 2.24) is 15.1 Å². The SMILES string of the molecule is C[C@@H]1CN(Cc2ccc(C(O)(C(F)(F)F)C(F)(F)F)cc2)C[C@H](C)N1C(=O)c1ccc(NC(=O)NCC2CC2)cc1. The van der Waals surface area contributed by atoms with E-state index < -0.39 is 23.5 Å². The van der Waals surface area contributed by atoms with Gasteiger partial charge in [-0.1, -0.05) is 24.3 Å². The van der Waals surface area contributed by atoms with Gasteiger partial charge in [-0.25, -0.2) is 4.79 Å². The van der Waals surface area contributed by atoms with Crippen LogP contribution in [-0.2, 0) is 12.1 Å². The molecule has 1 aliphatic heterocycles. The van der Waals surface area contributed by atoms with Crippen LogP contribution in [0, 0.1) is 5.92 Å². The minimum atomic E-state index is -5.94. The predicted octanol–water partition coefficient (Wildman–Crippen LogP) is 5.27. The Labute approximate surface area is 233 Å². The highest BCUT2D eigenvalue weighted by atomic mass is 19.4. The van der Waals surface area contributed by atoms with Crippen molar-refractivity contribution in [3.8, 4) is 0 Å². The number of carbonyl (C=O) groups is 2. The fourth-order valence-corrected chi connectivity index (χ4v) is 5.14. The van der Waals surface area contributed by atoms with Crippen LogP contribution in [0.25, 0.3) is 0 Å². The molecule has 4 rings (SSSR count). The maximum absolute atomic E-state index is 13.3. The number of alkyl halides is 6. The number of urea groups is 1. The zero-order valence-electron chi connectivity index (χ0n) is 22.5. The van der Waals surface area contributed by atoms with E-state index in [2.05, 4.69) is 10.6 Å². The number of amides is 3. The van der Waals surface area contributed by atoms with Crippen LogP contribution in [0.5, 0.6) is 0 Å². The normalized spacial score (nSPS) is 20.6. The van der Waals surface area contributed by atoms with Crippen LogP contribution in [0.2, 0.25) is 0 Å². The van der Waals surface area contributed by atoms with Gasteiger partial charge in [-0.05, 0) is 62.4 Å². The molecular formula is C28H32F6N4O3. The number of piperazine rings is 1. The fraction of sp³-hybridized carbons (Fsp3) is 0.500. The summed E-state index contributed by atoms with van der Waals surface area (Å²) in [6, 6.07) is 9.32. The monoisotopic (exact) mass is 586 g/mol. The second-order valence-electron chi connectivity index (χ2n) is 10.9. The second-order valence-corrected chi connectivity index (χ2v) is 10.9. The molecule has 0 radical (unpaired) electrons. The predicted molar refractivity (Wildman–Crippen MR) is 139 cm³/mol. The van der Waals surface area contributed by atoms with E-state index in [1.807, 2.05) is 18.7 Å². The lowest BCUT2D eigenvalue weighted by atomic mass is 9.91. The van der Waals surface area contributed by atoms with Crippen LogP contribution in [0.15, 0.2) is 48.5 Å². The smallest absolute Gasteiger partial charge is 0.369 e. The molecule has 41 heavy (non-hydrogen) atoms. The molecule has 1 saturated carbocycles. The summed E-state index contributed by atoms with van der Waals surface area (Å²) in [6.45, 7) is 5.43. The lowest BCUT2D eigenvalue weighted by Crippen LogP contribution is -2.58. The highest BCUT2D eigenvalue weighted by Crippen LogP contribution is 2.50. The van der Waals surface area contributed by atoms with Crippen molar-refractivity contribution < 1.29 is 41.0 Å².